The van der Waals surface area contributed by atoms with Crippen molar-refractivity contribution in [2.24, 2.45) is 0 Å². The van der Waals surface area contributed by atoms with E-state index in [9.17, 15) is 0 Å². The van der Waals surface area contributed by atoms with Crippen molar-refractivity contribution in [3.8, 4) is 0 Å². The average Bonchev–Trinajstić information content (AvgIpc) is 3.24. The average molecular weight is 304 g/mol. The van der Waals surface area contributed by atoms with Gasteiger partial charge in [0.1, 0.15) is 6.10 Å². The molecule has 5 nitrogen and oxygen atoms in total. The van der Waals surface area contributed by atoms with Crippen LogP contribution in [0.15, 0.2) is 11.8 Å². The van der Waals surface area contributed by atoms with E-state index in [2.05, 4.69) is 6.92 Å². The molecule has 0 saturated carbocycles. The van der Waals surface area contributed by atoms with Crippen molar-refractivity contribution in [2.45, 2.75) is 46.3 Å². The Hall–Kier alpha value is -0.243. The van der Waals surface area contributed by atoms with Gasteiger partial charge in [0.2, 0.25) is 0 Å². The fourth-order valence-corrected chi connectivity index (χ4v) is 4.00. The summed E-state index contributed by atoms with van der Waals surface area (Å²) < 4.78 is 28.3. The smallest absolute Gasteiger partial charge is 0.371 e. The Morgan fingerprint density at radius 3 is 2.05 bits per heavy atom. The van der Waals surface area contributed by atoms with Crippen LogP contribution in [-0.2, 0) is 22.8 Å². The molecule has 0 radical (unpaired) electrons. The lowest BCUT2D eigenvalue weighted by Gasteiger charge is -2.25. The fraction of sp³-hybridized carbons (Fsp3) is 0.857. The molecule has 0 aromatic carbocycles. The molecule has 1 aliphatic rings. The predicted octanol–water partition coefficient (Wildman–Crippen LogP) is 2.32. The summed E-state index contributed by atoms with van der Waals surface area (Å²) in [6.07, 6.45) is 3.24. The van der Waals surface area contributed by atoms with Crippen LogP contribution < -0.4 is 0 Å². The van der Waals surface area contributed by atoms with Gasteiger partial charge in [-0.25, -0.2) is 0 Å². The molecular formula is C14H28O5Si. The Bertz CT molecular complexity index is 264. The first kappa shape index (κ1) is 17.8. The first-order chi connectivity index (χ1) is 9.69. The maximum absolute atomic E-state index is 5.79. The quantitative estimate of drug-likeness (QED) is 0.409. The number of epoxide rings is 1. The molecule has 2 unspecified atom stereocenters. The van der Waals surface area contributed by atoms with Crippen LogP contribution in [0.4, 0.5) is 0 Å². The van der Waals surface area contributed by atoms with Gasteiger partial charge in [-0.3, -0.25) is 0 Å². The molecule has 1 saturated heterocycles. The van der Waals surface area contributed by atoms with E-state index in [1.165, 1.54) is 0 Å². The molecule has 0 aliphatic carbocycles. The van der Waals surface area contributed by atoms with Crippen LogP contribution >= 0.6 is 0 Å². The van der Waals surface area contributed by atoms with E-state index in [4.69, 9.17) is 22.8 Å². The van der Waals surface area contributed by atoms with Gasteiger partial charge < -0.3 is 22.8 Å². The molecule has 1 aliphatic heterocycles. The SMILES string of the molecule is CCO[Si](/C=C/C(CC)OCC1CO1)(OCC)OCC. The van der Waals surface area contributed by atoms with Gasteiger partial charge in [-0.05, 0) is 32.9 Å². The highest BCUT2D eigenvalue weighted by atomic mass is 28.4. The molecular weight excluding hydrogens is 276 g/mol. The maximum Gasteiger partial charge on any atom is 0.529 e. The van der Waals surface area contributed by atoms with Crippen LogP contribution in [0.2, 0.25) is 0 Å². The zero-order chi connectivity index (χ0) is 14.8. The molecule has 20 heavy (non-hydrogen) atoms. The number of ether oxygens (including phenoxy) is 2. The largest absolute Gasteiger partial charge is 0.529 e. The zero-order valence-corrected chi connectivity index (χ0v) is 14.1. The molecule has 1 rings (SSSR count). The Morgan fingerprint density at radius 1 is 1.10 bits per heavy atom. The molecule has 0 aromatic heterocycles. The van der Waals surface area contributed by atoms with Gasteiger partial charge in [0.05, 0.1) is 19.3 Å². The van der Waals surface area contributed by atoms with E-state index in [1.807, 2.05) is 32.5 Å². The van der Waals surface area contributed by atoms with E-state index >= 15 is 0 Å². The molecule has 0 N–H and O–H groups in total. The number of rotatable bonds is 12. The number of hydrogen-bond acceptors (Lipinski definition) is 5. The highest BCUT2D eigenvalue weighted by molar-refractivity contribution is 6.66. The van der Waals surface area contributed by atoms with Gasteiger partial charge in [-0.2, -0.15) is 0 Å². The molecule has 0 aromatic rings. The van der Waals surface area contributed by atoms with Crippen molar-refractivity contribution in [3.05, 3.63) is 11.8 Å². The van der Waals surface area contributed by atoms with Crippen LogP contribution in [0.1, 0.15) is 34.1 Å². The Kier molecular flexibility index (Phi) is 8.59. The summed E-state index contributed by atoms with van der Waals surface area (Å²) in [7, 11) is -2.71. The lowest BCUT2D eigenvalue weighted by Crippen LogP contribution is -2.44. The third-order valence-corrected chi connectivity index (χ3v) is 5.53. The van der Waals surface area contributed by atoms with Gasteiger partial charge in [0.25, 0.3) is 0 Å². The second-order valence-electron chi connectivity index (χ2n) is 4.50. The molecule has 1 heterocycles. The predicted molar refractivity (Wildman–Crippen MR) is 79.5 cm³/mol. The fourth-order valence-electron chi connectivity index (χ4n) is 1.80. The molecule has 0 amide bonds. The second-order valence-corrected chi connectivity index (χ2v) is 6.90. The molecule has 118 valence electrons. The summed E-state index contributed by atoms with van der Waals surface area (Å²) in [6.45, 7) is 11.1. The van der Waals surface area contributed by atoms with Crippen LogP contribution in [-0.4, -0.2) is 54.0 Å². The highest BCUT2D eigenvalue weighted by Gasteiger charge is 2.37. The van der Waals surface area contributed by atoms with Gasteiger partial charge in [0.15, 0.2) is 0 Å². The minimum absolute atomic E-state index is 0.0486. The Morgan fingerprint density at radius 2 is 1.65 bits per heavy atom. The van der Waals surface area contributed by atoms with E-state index in [0.717, 1.165) is 13.0 Å². The van der Waals surface area contributed by atoms with Crippen LogP contribution in [0.25, 0.3) is 0 Å². The summed E-state index contributed by atoms with van der Waals surface area (Å²) >= 11 is 0. The van der Waals surface area contributed by atoms with Crippen molar-refractivity contribution >= 4 is 8.80 Å². The summed E-state index contributed by atoms with van der Waals surface area (Å²) in [5.41, 5.74) is 1.95. The Labute approximate surface area is 123 Å². The van der Waals surface area contributed by atoms with E-state index in [1.54, 1.807) is 0 Å². The van der Waals surface area contributed by atoms with Gasteiger partial charge >= 0.3 is 8.80 Å². The van der Waals surface area contributed by atoms with Gasteiger partial charge in [-0.1, -0.05) is 13.0 Å². The third kappa shape index (κ3) is 6.47. The maximum atomic E-state index is 5.79. The molecule has 0 bridgehead atoms. The topological polar surface area (TPSA) is 49.5 Å². The standard InChI is InChI=1S/C14H28O5Si/c1-5-13(15-11-14-12-16-14)9-10-20(17-6-2,18-7-3)19-8-4/h9-10,13-14H,5-8,11-12H2,1-4H3/b10-9+. The lowest BCUT2D eigenvalue weighted by atomic mass is 10.3. The highest BCUT2D eigenvalue weighted by Crippen LogP contribution is 2.15. The van der Waals surface area contributed by atoms with Crippen LogP contribution in [0.5, 0.6) is 0 Å². The summed E-state index contributed by atoms with van der Waals surface area (Å²) in [4.78, 5) is 0. The first-order valence-corrected chi connectivity index (χ1v) is 9.34. The summed E-state index contributed by atoms with van der Waals surface area (Å²) in [5.74, 6) is 0. The monoisotopic (exact) mass is 304 g/mol. The van der Waals surface area contributed by atoms with Crippen molar-refractivity contribution in [1.82, 2.24) is 0 Å². The minimum atomic E-state index is -2.71. The van der Waals surface area contributed by atoms with Gasteiger partial charge in [0, 0.05) is 19.8 Å². The van der Waals surface area contributed by atoms with Gasteiger partial charge in [-0.15, -0.1) is 0 Å². The zero-order valence-electron chi connectivity index (χ0n) is 13.1. The van der Waals surface area contributed by atoms with E-state index in [-0.39, 0.29) is 12.2 Å². The molecule has 1 fully saturated rings. The minimum Gasteiger partial charge on any atom is -0.371 e. The van der Waals surface area contributed by atoms with Crippen LogP contribution in [0, 0.1) is 0 Å². The molecule has 0 spiro atoms. The Balaban J connectivity index is 2.59. The van der Waals surface area contributed by atoms with Crippen molar-refractivity contribution in [1.29, 1.82) is 0 Å². The van der Waals surface area contributed by atoms with E-state index < -0.39 is 8.80 Å². The van der Waals surface area contributed by atoms with Crippen LogP contribution in [0.3, 0.4) is 0 Å². The molecule has 2 atom stereocenters. The van der Waals surface area contributed by atoms with Crippen molar-refractivity contribution in [2.75, 3.05) is 33.0 Å². The summed E-state index contributed by atoms with van der Waals surface area (Å²) in [6, 6.07) is 0. The van der Waals surface area contributed by atoms with E-state index in [0.29, 0.717) is 26.4 Å². The van der Waals surface area contributed by atoms with Crippen molar-refractivity contribution in [3.63, 3.8) is 0 Å². The molecule has 6 heteroatoms. The van der Waals surface area contributed by atoms with Crippen molar-refractivity contribution < 1.29 is 22.8 Å². The summed E-state index contributed by atoms with van der Waals surface area (Å²) in [5, 5.41) is 0. The third-order valence-electron chi connectivity index (χ3n) is 2.85. The second kappa shape index (κ2) is 9.65. The number of hydrogen-bond donors (Lipinski definition) is 0. The lowest BCUT2D eigenvalue weighted by molar-refractivity contribution is 0.0671. The first-order valence-electron chi connectivity index (χ1n) is 7.54. The normalized spacial score (nSPS) is 20.5.